The molecular formula is C13H16ClNO2. The van der Waals surface area contributed by atoms with Crippen LogP contribution in [0.2, 0.25) is 0 Å². The van der Waals surface area contributed by atoms with Gasteiger partial charge in [-0.2, -0.15) is 0 Å². The Morgan fingerprint density at radius 1 is 1.53 bits per heavy atom. The standard InChI is InChI=1S/C13H16ClNO2/c1-3-16-12-7-5-4-6-10(12)11-8-13(9(2)14)17-15-11/h4-7,9,13H,3,8H2,1-2H3. The van der Waals surface area contributed by atoms with Gasteiger partial charge in [-0.1, -0.05) is 17.3 Å². The molecule has 1 aliphatic rings. The van der Waals surface area contributed by atoms with Crippen LogP contribution in [0.1, 0.15) is 25.8 Å². The first-order chi connectivity index (χ1) is 8.22. The van der Waals surface area contributed by atoms with Gasteiger partial charge in [0.15, 0.2) is 0 Å². The maximum Gasteiger partial charge on any atom is 0.149 e. The van der Waals surface area contributed by atoms with Crippen molar-refractivity contribution >= 4 is 17.3 Å². The summed E-state index contributed by atoms with van der Waals surface area (Å²) in [6, 6.07) is 7.86. The molecule has 3 nitrogen and oxygen atoms in total. The molecule has 0 N–H and O–H groups in total. The van der Waals surface area contributed by atoms with E-state index in [1.807, 2.05) is 38.1 Å². The Bertz CT molecular complexity index is 418. The van der Waals surface area contributed by atoms with Crippen molar-refractivity contribution in [2.45, 2.75) is 31.7 Å². The average molecular weight is 254 g/mol. The third-order valence-corrected chi connectivity index (χ3v) is 2.98. The molecule has 1 aromatic carbocycles. The maximum absolute atomic E-state index is 6.01. The number of alkyl halides is 1. The van der Waals surface area contributed by atoms with E-state index < -0.39 is 0 Å². The number of rotatable bonds is 4. The minimum absolute atomic E-state index is 0.0404. The fourth-order valence-corrected chi connectivity index (χ4v) is 1.92. The predicted molar refractivity (Wildman–Crippen MR) is 69.0 cm³/mol. The minimum Gasteiger partial charge on any atom is -0.493 e. The van der Waals surface area contributed by atoms with E-state index in [1.54, 1.807) is 0 Å². The van der Waals surface area contributed by atoms with E-state index in [-0.39, 0.29) is 11.5 Å². The van der Waals surface area contributed by atoms with Gasteiger partial charge in [-0.15, -0.1) is 11.6 Å². The van der Waals surface area contributed by atoms with Gasteiger partial charge in [-0.25, -0.2) is 0 Å². The van der Waals surface area contributed by atoms with E-state index in [9.17, 15) is 0 Å². The number of para-hydroxylation sites is 1. The van der Waals surface area contributed by atoms with E-state index in [2.05, 4.69) is 5.16 Å². The van der Waals surface area contributed by atoms with Gasteiger partial charge in [0.25, 0.3) is 0 Å². The first-order valence-corrected chi connectivity index (χ1v) is 6.25. The summed E-state index contributed by atoms with van der Waals surface area (Å²) in [5.41, 5.74) is 1.90. The lowest BCUT2D eigenvalue weighted by molar-refractivity contribution is 0.0855. The molecule has 92 valence electrons. The van der Waals surface area contributed by atoms with E-state index in [1.165, 1.54) is 0 Å². The van der Waals surface area contributed by atoms with Crippen LogP contribution in [-0.2, 0) is 4.84 Å². The second-order valence-corrected chi connectivity index (χ2v) is 4.68. The zero-order valence-corrected chi connectivity index (χ0v) is 10.8. The summed E-state index contributed by atoms with van der Waals surface area (Å²) >= 11 is 6.01. The zero-order chi connectivity index (χ0) is 12.3. The summed E-state index contributed by atoms with van der Waals surface area (Å²) in [5.74, 6) is 0.847. The second-order valence-electron chi connectivity index (χ2n) is 3.99. The van der Waals surface area contributed by atoms with Gasteiger partial charge >= 0.3 is 0 Å². The lowest BCUT2D eigenvalue weighted by Crippen LogP contribution is -2.18. The molecule has 1 aromatic rings. The molecule has 0 spiro atoms. The topological polar surface area (TPSA) is 30.8 Å². The highest BCUT2D eigenvalue weighted by Gasteiger charge is 2.27. The Hall–Kier alpha value is -1.22. The summed E-state index contributed by atoms with van der Waals surface area (Å²) in [5, 5.41) is 4.06. The van der Waals surface area contributed by atoms with E-state index >= 15 is 0 Å². The number of hydrogen-bond acceptors (Lipinski definition) is 3. The Kier molecular flexibility index (Phi) is 3.89. The molecule has 0 amide bonds. The highest BCUT2D eigenvalue weighted by molar-refractivity contribution is 6.21. The van der Waals surface area contributed by atoms with Gasteiger partial charge in [0.2, 0.25) is 0 Å². The van der Waals surface area contributed by atoms with Crippen LogP contribution >= 0.6 is 11.6 Å². The molecule has 0 saturated heterocycles. The Morgan fingerprint density at radius 2 is 2.29 bits per heavy atom. The lowest BCUT2D eigenvalue weighted by Gasteiger charge is -2.10. The van der Waals surface area contributed by atoms with Crippen molar-refractivity contribution in [3.63, 3.8) is 0 Å². The number of nitrogens with zero attached hydrogens (tertiary/aromatic N) is 1. The second kappa shape index (κ2) is 5.41. The molecule has 0 bridgehead atoms. The average Bonchev–Trinajstić information content (AvgIpc) is 2.79. The van der Waals surface area contributed by atoms with Crippen LogP contribution in [0, 0.1) is 0 Å². The van der Waals surface area contributed by atoms with Crippen LogP contribution in [0.4, 0.5) is 0 Å². The van der Waals surface area contributed by atoms with Crippen molar-refractivity contribution in [3.05, 3.63) is 29.8 Å². The van der Waals surface area contributed by atoms with Crippen LogP contribution in [0.25, 0.3) is 0 Å². The van der Waals surface area contributed by atoms with Gasteiger partial charge in [-0.3, -0.25) is 0 Å². The smallest absolute Gasteiger partial charge is 0.149 e. The minimum atomic E-state index is -0.0458. The summed E-state index contributed by atoms with van der Waals surface area (Å²) in [6.45, 7) is 4.52. The Balaban J connectivity index is 2.18. The summed E-state index contributed by atoms with van der Waals surface area (Å²) in [6.07, 6.45) is 0.690. The number of hydrogen-bond donors (Lipinski definition) is 0. The first kappa shape index (κ1) is 12.2. The van der Waals surface area contributed by atoms with E-state index in [0.29, 0.717) is 6.61 Å². The van der Waals surface area contributed by atoms with E-state index in [4.69, 9.17) is 21.2 Å². The number of oxime groups is 1. The van der Waals surface area contributed by atoms with Gasteiger partial charge in [0, 0.05) is 12.0 Å². The highest BCUT2D eigenvalue weighted by atomic mass is 35.5. The molecule has 0 aliphatic carbocycles. The molecule has 0 fully saturated rings. The van der Waals surface area contributed by atoms with Crippen LogP contribution in [0.3, 0.4) is 0 Å². The number of benzene rings is 1. The monoisotopic (exact) mass is 253 g/mol. The van der Waals surface area contributed by atoms with Crippen molar-refractivity contribution in [2.75, 3.05) is 6.61 Å². The quantitative estimate of drug-likeness (QED) is 0.772. The molecule has 0 saturated carbocycles. The van der Waals surface area contributed by atoms with Crippen molar-refractivity contribution in [1.29, 1.82) is 0 Å². The van der Waals surface area contributed by atoms with Gasteiger partial charge in [-0.05, 0) is 26.0 Å². The molecule has 2 rings (SSSR count). The normalized spacial score (nSPS) is 20.6. The molecular weight excluding hydrogens is 238 g/mol. The number of ether oxygens (including phenoxy) is 1. The largest absolute Gasteiger partial charge is 0.493 e. The fraction of sp³-hybridized carbons (Fsp3) is 0.462. The highest BCUT2D eigenvalue weighted by Crippen LogP contribution is 2.26. The van der Waals surface area contributed by atoms with Crippen LogP contribution < -0.4 is 4.74 Å². The van der Waals surface area contributed by atoms with Crippen LogP contribution in [0.5, 0.6) is 5.75 Å². The van der Waals surface area contributed by atoms with Crippen LogP contribution in [0.15, 0.2) is 29.4 Å². The molecule has 0 aromatic heterocycles. The summed E-state index contributed by atoms with van der Waals surface area (Å²) < 4.78 is 5.58. The Labute approximate surface area is 106 Å². The number of halogens is 1. The fourth-order valence-electron chi connectivity index (χ4n) is 1.79. The lowest BCUT2D eigenvalue weighted by atomic mass is 10.0. The molecule has 2 atom stereocenters. The third kappa shape index (κ3) is 2.72. The molecule has 4 heteroatoms. The SMILES string of the molecule is CCOc1ccccc1C1=NOC(C(C)Cl)C1. The van der Waals surface area contributed by atoms with Crippen molar-refractivity contribution in [1.82, 2.24) is 0 Å². The van der Waals surface area contributed by atoms with Crippen molar-refractivity contribution in [2.24, 2.45) is 5.16 Å². The zero-order valence-electron chi connectivity index (χ0n) is 10.0. The third-order valence-electron chi connectivity index (χ3n) is 2.70. The van der Waals surface area contributed by atoms with Gasteiger partial charge < -0.3 is 9.57 Å². The summed E-state index contributed by atoms with van der Waals surface area (Å²) in [4.78, 5) is 5.32. The first-order valence-electron chi connectivity index (χ1n) is 5.81. The van der Waals surface area contributed by atoms with Gasteiger partial charge in [0.05, 0.1) is 17.7 Å². The summed E-state index contributed by atoms with van der Waals surface area (Å²) in [7, 11) is 0. The molecule has 1 heterocycles. The van der Waals surface area contributed by atoms with Crippen molar-refractivity contribution < 1.29 is 9.57 Å². The molecule has 0 radical (unpaired) electrons. The Morgan fingerprint density at radius 3 is 2.94 bits per heavy atom. The molecule has 1 aliphatic heterocycles. The van der Waals surface area contributed by atoms with Crippen molar-refractivity contribution in [3.8, 4) is 5.75 Å². The van der Waals surface area contributed by atoms with Gasteiger partial charge in [0.1, 0.15) is 11.9 Å². The van der Waals surface area contributed by atoms with E-state index in [0.717, 1.165) is 23.4 Å². The predicted octanol–water partition coefficient (Wildman–Crippen LogP) is 3.21. The van der Waals surface area contributed by atoms with Crippen LogP contribution in [-0.4, -0.2) is 23.8 Å². The molecule has 17 heavy (non-hydrogen) atoms. The molecule has 2 unspecified atom stereocenters. The maximum atomic E-state index is 6.01.